The molecule has 1 heterocycles. The van der Waals surface area contributed by atoms with Gasteiger partial charge in [0, 0.05) is 6.54 Å². The molecule has 1 N–H and O–H groups in total. The Balaban J connectivity index is 2.32. The summed E-state index contributed by atoms with van der Waals surface area (Å²) in [6.45, 7) is 4.51. The lowest BCUT2D eigenvalue weighted by molar-refractivity contribution is -0.121. The van der Waals surface area contributed by atoms with Gasteiger partial charge in [-0.25, -0.2) is 4.79 Å². The molecular formula is C13H16N2O3. The minimum Gasteiger partial charge on any atom is -0.408 e. The average molecular weight is 248 g/mol. The number of rotatable bonds is 4. The Morgan fingerprint density at radius 1 is 1.44 bits per heavy atom. The third kappa shape index (κ3) is 2.45. The largest absolute Gasteiger partial charge is 0.420 e. The van der Waals surface area contributed by atoms with Crippen LogP contribution in [0.15, 0.2) is 27.4 Å². The van der Waals surface area contributed by atoms with Gasteiger partial charge in [0.25, 0.3) is 0 Å². The van der Waals surface area contributed by atoms with Gasteiger partial charge < -0.3 is 9.73 Å². The van der Waals surface area contributed by atoms with Gasteiger partial charge in [-0.1, -0.05) is 13.0 Å². The van der Waals surface area contributed by atoms with E-state index in [0.717, 1.165) is 12.0 Å². The number of fused-ring (bicyclic) bond motifs is 1. The molecule has 0 saturated carbocycles. The quantitative estimate of drug-likeness (QED) is 0.890. The second-order valence-electron chi connectivity index (χ2n) is 4.28. The second kappa shape index (κ2) is 5.08. The molecule has 2 rings (SSSR count). The van der Waals surface area contributed by atoms with Crippen molar-refractivity contribution in [3.8, 4) is 0 Å². The lowest BCUT2D eigenvalue weighted by Gasteiger charge is -2.04. The maximum atomic E-state index is 11.7. The maximum Gasteiger partial charge on any atom is 0.420 e. The molecule has 5 heteroatoms. The lowest BCUT2D eigenvalue weighted by Crippen LogP contribution is -2.31. The van der Waals surface area contributed by atoms with Gasteiger partial charge in [-0.2, -0.15) is 0 Å². The molecular weight excluding hydrogens is 232 g/mol. The third-order valence-corrected chi connectivity index (χ3v) is 2.70. The van der Waals surface area contributed by atoms with Crippen LogP contribution < -0.4 is 11.1 Å². The highest BCUT2D eigenvalue weighted by atomic mass is 16.4. The Hall–Kier alpha value is -2.04. The Morgan fingerprint density at radius 2 is 2.22 bits per heavy atom. The number of amides is 1. The monoisotopic (exact) mass is 248 g/mol. The van der Waals surface area contributed by atoms with E-state index in [9.17, 15) is 9.59 Å². The smallest absolute Gasteiger partial charge is 0.408 e. The van der Waals surface area contributed by atoms with Crippen molar-refractivity contribution in [2.45, 2.75) is 26.8 Å². The Kier molecular flexibility index (Phi) is 3.50. The van der Waals surface area contributed by atoms with Gasteiger partial charge in [-0.05, 0) is 31.0 Å². The van der Waals surface area contributed by atoms with E-state index in [4.69, 9.17) is 4.42 Å². The van der Waals surface area contributed by atoms with Gasteiger partial charge in [0.15, 0.2) is 5.58 Å². The van der Waals surface area contributed by atoms with Crippen molar-refractivity contribution < 1.29 is 9.21 Å². The van der Waals surface area contributed by atoms with Crippen molar-refractivity contribution in [3.63, 3.8) is 0 Å². The SMILES string of the molecule is CCCNC(=O)Cn1c(=O)oc2ccc(C)cc21. The number of hydrogen-bond acceptors (Lipinski definition) is 3. The van der Waals surface area contributed by atoms with Crippen molar-refractivity contribution in [1.29, 1.82) is 0 Å². The van der Waals surface area contributed by atoms with Crippen molar-refractivity contribution in [2.24, 2.45) is 0 Å². The number of oxazole rings is 1. The van der Waals surface area contributed by atoms with Crippen LogP contribution in [0.1, 0.15) is 18.9 Å². The van der Waals surface area contributed by atoms with E-state index in [1.54, 1.807) is 6.07 Å². The zero-order valence-electron chi connectivity index (χ0n) is 10.5. The molecule has 96 valence electrons. The number of carbonyl (C=O) groups is 1. The molecule has 5 nitrogen and oxygen atoms in total. The molecule has 0 unspecified atom stereocenters. The van der Waals surface area contributed by atoms with Gasteiger partial charge in [0.1, 0.15) is 6.54 Å². The predicted octanol–water partition coefficient (Wildman–Crippen LogP) is 1.43. The standard InChI is InChI=1S/C13H16N2O3/c1-3-6-14-12(16)8-15-10-7-9(2)4-5-11(10)18-13(15)17/h4-5,7H,3,6,8H2,1-2H3,(H,14,16). The maximum absolute atomic E-state index is 11.7. The highest BCUT2D eigenvalue weighted by molar-refractivity contribution is 5.79. The summed E-state index contributed by atoms with van der Waals surface area (Å²) in [4.78, 5) is 23.3. The third-order valence-electron chi connectivity index (χ3n) is 2.70. The summed E-state index contributed by atoms with van der Waals surface area (Å²) in [7, 11) is 0. The second-order valence-corrected chi connectivity index (χ2v) is 4.28. The zero-order valence-corrected chi connectivity index (χ0v) is 10.5. The van der Waals surface area contributed by atoms with Crippen molar-refractivity contribution in [1.82, 2.24) is 9.88 Å². The van der Waals surface area contributed by atoms with Crippen LogP contribution in [0.4, 0.5) is 0 Å². The zero-order chi connectivity index (χ0) is 13.1. The first-order chi connectivity index (χ1) is 8.61. The van der Waals surface area contributed by atoms with E-state index < -0.39 is 5.76 Å². The summed E-state index contributed by atoms with van der Waals surface area (Å²) in [6, 6.07) is 5.45. The van der Waals surface area contributed by atoms with E-state index in [1.165, 1.54) is 4.57 Å². The van der Waals surface area contributed by atoms with Crippen LogP contribution in [0.3, 0.4) is 0 Å². The number of carbonyl (C=O) groups excluding carboxylic acids is 1. The van der Waals surface area contributed by atoms with Crippen LogP contribution in [0.25, 0.3) is 11.1 Å². The lowest BCUT2D eigenvalue weighted by atomic mass is 10.2. The molecule has 1 aromatic heterocycles. The highest BCUT2D eigenvalue weighted by Gasteiger charge is 2.12. The first-order valence-corrected chi connectivity index (χ1v) is 5.98. The molecule has 1 aromatic carbocycles. The summed E-state index contributed by atoms with van der Waals surface area (Å²) in [5.74, 6) is -0.676. The molecule has 0 atom stereocenters. The van der Waals surface area contributed by atoms with E-state index in [1.807, 2.05) is 26.0 Å². The van der Waals surface area contributed by atoms with Gasteiger partial charge >= 0.3 is 5.76 Å². The fraction of sp³-hybridized carbons (Fsp3) is 0.385. The van der Waals surface area contributed by atoms with Crippen LogP contribution in [0.2, 0.25) is 0 Å². The minimum atomic E-state index is -0.498. The van der Waals surface area contributed by atoms with Crippen LogP contribution in [-0.4, -0.2) is 17.0 Å². The Morgan fingerprint density at radius 3 is 2.94 bits per heavy atom. The van der Waals surface area contributed by atoms with Gasteiger partial charge in [0.05, 0.1) is 5.52 Å². The first-order valence-electron chi connectivity index (χ1n) is 5.98. The van der Waals surface area contributed by atoms with Gasteiger partial charge in [-0.3, -0.25) is 9.36 Å². The molecule has 0 aliphatic heterocycles. The molecule has 1 amide bonds. The van der Waals surface area contributed by atoms with Crippen LogP contribution >= 0.6 is 0 Å². The Bertz CT molecular complexity index is 625. The summed E-state index contributed by atoms with van der Waals surface area (Å²) < 4.78 is 6.44. The molecule has 18 heavy (non-hydrogen) atoms. The van der Waals surface area contributed by atoms with Crippen LogP contribution in [0, 0.1) is 6.92 Å². The number of aryl methyl sites for hydroxylation is 1. The van der Waals surface area contributed by atoms with E-state index >= 15 is 0 Å². The number of benzene rings is 1. The molecule has 0 saturated heterocycles. The number of aromatic nitrogens is 1. The minimum absolute atomic E-state index is 0.00468. The molecule has 0 aliphatic carbocycles. The highest BCUT2D eigenvalue weighted by Crippen LogP contribution is 2.14. The van der Waals surface area contributed by atoms with Crippen molar-refractivity contribution >= 4 is 17.0 Å². The van der Waals surface area contributed by atoms with E-state index in [0.29, 0.717) is 17.6 Å². The summed E-state index contributed by atoms with van der Waals surface area (Å²) >= 11 is 0. The summed E-state index contributed by atoms with van der Waals surface area (Å²) in [6.07, 6.45) is 0.867. The number of nitrogens with zero attached hydrogens (tertiary/aromatic N) is 1. The van der Waals surface area contributed by atoms with E-state index in [-0.39, 0.29) is 12.5 Å². The molecule has 0 radical (unpaired) electrons. The fourth-order valence-electron chi connectivity index (χ4n) is 1.79. The molecule has 0 fully saturated rings. The molecule has 0 bridgehead atoms. The number of nitrogens with one attached hydrogen (secondary N) is 1. The molecule has 0 aliphatic rings. The number of hydrogen-bond donors (Lipinski definition) is 1. The van der Waals surface area contributed by atoms with Crippen molar-refractivity contribution in [3.05, 3.63) is 34.3 Å². The fourth-order valence-corrected chi connectivity index (χ4v) is 1.79. The summed E-state index contributed by atoms with van der Waals surface area (Å²) in [5.41, 5.74) is 2.19. The normalized spacial score (nSPS) is 10.8. The van der Waals surface area contributed by atoms with Crippen LogP contribution in [-0.2, 0) is 11.3 Å². The molecule has 0 spiro atoms. The van der Waals surface area contributed by atoms with Crippen molar-refractivity contribution in [2.75, 3.05) is 6.54 Å². The van der Waals surface area contributed by atoms with Gasteiger partial charge in [-0.15, -0.1) is 0 Å². The first kappa shape index (κ1) is 12.4. The Labute approximate surface area is 104 Å². The van der Waals surface area contributed by atoms with Gasteiger partial charge in [0.2, 0.25) is 5.91 Å². The van der Waals surface area contributed by atoms with E-state index in [2.05, 4.69) is 5.32 Å². The predicted molar refractivity (Wildman–Crippen MR) is 68.5 cm³/mol. The topological polar surface area (TPSA) is 64.2 Å². The molecule has 2 aromatic rings. The van der Waals surface area contributed by atoms with Crippen LogP contribution in [0.5, 0.6) is 0 Å². The average Bonchev–Trinajstić information content (AvgIpc) is 2.63. The summed E-state index contributed by atoms with van der Waals surface area (Å²) in [5, 5.41) is 2.74.